The Bertz CT molecular complexity index is 800. The standard InChI is InChI=1S/C19H19N3O3/c1-24-17-5-3-2-4-15(17)11-19(23)22-9-7-16(13-22)25-18-10-14(12-20)6-8-21-18/h2-6,8,10,16H,7,9,11,13H2,1H3. The number of hydrogen-bond acceptors (Lipinski definition) is 5. The molecule has 0 radical (unpaired) electrons. The molecule has 0 N–H and O–H groups in total. The zero-order chi connectivity index (χ0) is 17.6. The van der Waals surface area contributed by atoms with Crippen LogP contribution in [0.25, 0.3) is 0 Å². The molecule has 25 heavy (non-hydrogen) atoms. The number of hydrogen-bond donors (Lipinski definition) is 0. The van der Waals surface area contributed by atoms with Gasteiger partial charge in [0.2, 0.25) is 11.8 Å². The van der Waals surface area contributed by atoms with Gasteiger partial charge in [0.05, 0.1) is 31.7 Å². The second-order valence-corrected chi connectivity index (χ2v) is 5.85. The van der Waals surface area contributed by atoms with Crippen molar-refractivity contribution in [1.82, 2.24) is 9.88 Å². The molecule has 1 aromatic carbocycles. The average Bonchev–Trinajstić information content (AvgIpc) is 3.11. The molecule has 1 fully saturated rings. The van der Waals surface area contributed by atoms with Crippen molar-refractivity contribution in [3.05, 3.63) is 53.7 Å². The molecule has 128 valence electrons. The van der Waals surface area contributed by atoms with Crippen LogP contribution in [0.4, 0.5) is 0 Å². The smallest absolute Gasteiger partial charge is 0.227 e. The predicted molar refractivity (Wildman–Crippen MR) is 91.3 cm³/mol. The molecule has 1 aliphatic heterocycles. The highest BCUT2D eigenvalue weighted by atomic mass is 16.5. The van der Waals surface area contributed by atoms with Gasteiger partial charge in [0.1, 0.15) is 11.9 Å². The molecule has 1 saturated heterocycles. The molecular formula is C19H19N3O3. The van der Waals surface area contributed by atoms with Gasteiger partial charge in [-0.1, -0.05) is 18.2 Å². The van der Waals surface area contributed by atoms with Gasteiger partial charge in [0, 0.05) is 30.8 Å². The van der Waals surface area contributed by atoms with E-state index in [4.69, 9.17) is 14.7 Å². The summed E-state index contributed by atoms with van der Waals surface area (Å²) in [6, 6.07) is 12.8. The number of carbonyl (C=O) groups excluding carboxylic acids is 1. The number of benzene rings is 1. The Morgan fingerprint density at radius 2 is 2.24 bits per heavy atom. The SMILES string of the molecule is COc1ccccc1CC(=O)N1CCC(Oc2cc(C#N)ccn2)C1. The molecule has 1 atom stereocenters. The Hall–Kier alpha value is -3.07. The van der Waals surface area contributed by atoms with Crippen LogP contribution in [0, 0.1) is 11.3 Å². The molecule has 1 aromatic heterocycles. The highest BCUT2D eigenvalue weighted by Crippen LogP contribution is 2.21. The lowest BCUT2D eigenvalue weighted by atomic mass is 10.1. The van der Waals surface area contributed by atoms with E-state index in [-0.39, 0.29) is 12.0 Å². The van der Waals surface area contributed by atoms with Crippen LogP contribution in [0.3, 0.4) is 0 Å². The summed E-state index contributed by atoms with van der Waals surface area (Å²) in [5.74, 6) is 1.19. The molecule has 0 aliphatic carbocycles. The topological polar surface area (TPSA) is 75.4 Å². The van der Waals surface area contributed by atoms with E-state index in [1.807, 2.05) is 24.3 Å². The highest BCUT2D eigenvalue weighted by molar-refractivity contribution is 5.79. The van der Waals surface area contributed by atoms with E-state index in [1.165, 1.54) is 0 Å². The molecule has 1 unspecified atom stereocenters. The van der Waals surface area contributed by atoms with Gasteiger partial charge in [-0.2, -0.15) is 5.26 Å². The fraction of sp³-hybridized carbons (Fsp3) is 0.316. The van der Waals surface area contributed by atoms with Gasteiger partial charge >= 0.3 is 0 Å². The first kappa shape index (κ1) is 16.8. The fourth-order valence-electron chi connectivity index (χ4n) is 2.89. The normalized spacial score (nSPS) is 16.3. The summed E-state index contributed by atoms with van der Waals surface area (Å²) in [7, 11) is 1.60. The predicted octanol–water partition coefficient (Wildman–Crippen LogP) is 2.18. The number of para-hydroxylation sites is 1. The minimum Gasteiger partial charge on any atom is -0.496 e. The third kappa shape index (κ3) is 4.07. The second kappa shape index (κ2) is 7.67. The third-order valence-electron chi connectivity index (χ3n) is 4.18. The molecule has 6 heteroatoms. The first-order valence-electron chi connectivity index (χ1n) is 8.12. The van der Waals surface area contributed by atoms with Crippen molar-refractivity contribution in [3.63, 3.8) is 0 Å². The maximum atomic E-state index is 12.5. The van der Waals surface area contributed by atoms with Gasteiger partial charge in [0.15, 0.2) is 0 Å². The van der Waals surface area contributed by atoms with Gasteiger partial charge in [0.25, 0.3) is 0 Å². The second-order valence-electron chi connectivity index (χ2n) is 5.85. The van der Waals surface area contributed by atoms with Crippen molar-refractivity contribution in [1.29, 1.82) is 5.26 Å². The molecule has 0 spiro atoms. The van der Waals surface area contributed by atoms with Gasteiger partial charge in [-0.05, 0) is 12.1 Å². The van der Waals surface area contributed by atoms with Crippen LogP contribution in [-0.4, -0.2) is 42.1 Å². The molecular weight excluding hydrogens is 318 g/mol. The number of nitrogens with zero attached hydrogens (tertiary/aromatic N) is 3. The van der Waals surface area contributed by atoms with Crippen LogP contribution in [0.5, 0.6) is 11.6 Å². The fourth-order valence-corrected chi connectivity index (χ4v) is 2.89. The van der Waals surface area contributed by atoms with Crippen LogP contribution in [0.15, 0.2) is 42.6 Å². The van der Waals surface area contributed by atoms with Gasteiger partial charge in [-0.25, -0.2) is 4.98 Å². The molecule has 3 rings (SSSR count). The van der Waals surface area contributed by atoms with E-state index in [2.05, 4.69) is 11.1 Å². The number of rotatable bonds is 5. The van der Waals surface area contributed by atoms with E-state index in [9.17, 15) is 4.79 Å². The monoisotopic (exact) mass is 337 g/mol. The number of nitriles is 1. The zero-order valence-corrected chi connectivity index (χ0v) is 14.0. The Labute approximate surface area is 146 Å². The van der Waals surface area contributed by atoms with Gasteiger partial charge in [-0.15, -0.1) is 0 Å². The number of pyridine rings is 1. The molecule has 0 saturated carbocycles. The van der Waals surface area contributed by atoms with Crippen LogP contribution in [0.1, 0.15) is 17.5 Å². The van der Waals surface area contributed by atoms with Gasteiger partial charge < -0.3 is 14.4 Å². The number of amides is 1. The summed E-state index contributed by atoms with van der Waals surface area (Å²) in [5.41, 5.74) is 1.38. The summed E-state index contributed by atoms with van der Waals surface area (Å²) < 4.78 is 11.1. The van der Waals surface area contributed by atoms with E-state index in [0.29, 0.717) is 31.0 Å². The van der Waals surface area contributed by atoms with Crippen LogP contribution < -0.4 is 9.47 Å². The van der Waals surface area contributed by atoms with Crippen molar-refractivity contribution in [3.8, 4) is 17.7 Å². The Morgan fingerprint density at radius 3 is 3.04 bits per heavy atom. The van der Waals surface area contributed by atoms with Crippen molar-refractivity contribution in [2.75, 3.05) is 20.2 Å². The maximum absolute atomic E-state index is 12.5. The molecule has 0 bridgehead atoms. The van der Waals surface area contributed by atoms with Crippen molar-refractivity contribution in [2.24, 2.45) is 0 Å². The first-order valence-corrected chi connectivity index (χ1v) is 8.12. The first-order chi connectivity index (χ1) is 12.2. The average molecular weight is 337 g/mol. The summed E-state index contributed by atoms with van der Waals surface area (Å²) in [4.78, 5) is 18.5. The number of aromatic nitrogens is 1. The van der Waals surface area contributed by atoms with Crippen LogP contribution in [-0.2, 0) is 11.2 Å². The molecule has 2 heterocycles. The summed E-state index contributed by atoms with van der Waals surface area (Å²) >= 11 is 0. The Morgan fingerprint density at radius 1 is 1.40 bits per heavy atom. The quantitative estimate of drug-likeness (QED) is 0.836. The van der Waals surface area contributed by atoms with E-state index in [1.54, 1.807) is 30.3 Å². The van der Waals surface area contributed by atoms with E-state index in [0.717, 1.165) is 17.7 Å². The largest absolute Gasteiger partial charge is 0.496 e. The summed E-state index contributed by atoms with van der Waals surface area (Å²) in [5, 5.41) is 8.92. The van der Waals surface area contributed by atoms with E-state index < -0.39 is 0 Å². The zero-order valence-electron chi connectivity index (χ0n) is 14.0. The molecule has 6 nitrogen and oxygen atoms in total. The molecule has 2 aromatic rings. The van der Waals surface area contributed by atoms with Crippen LogP contribution >= 0.6 is 0 Å². The lowest BCUT2D eigenvalue weighted by Gasteiger charge is -2.18. The number of carbonyl (C=O) groups is 1. The third-order valence-corrected chi connectivity index (χ3v) is 4.18. The summed E-state index contributed by atoms with van der Waals surface area (Å²) in [6.45, 7) is 1.17. The minimum absolute atomic E-state index is 0.0503. The highest BCUT2D eigenvalue weighted by Gasteiger charge is 2.28. The van der Waals surface area contributed by atoms with Gasteiger partial charge in [-0.3, -0.25) is 4.79 Å². The minimum atomic E-state index is -0.108. The summed E-state index contributed by atoms with van der Waals surface area (Å²) in [6.07, 6.45) is 2.49. The maximum Gasteiger partial charge on any atom is 0.227 e. The molecule has 1 aliphatic rings. The Kier molecular flexibility index (Phi) is 5.14. The number of likely N-dealkylation sites (tertiary alicyclic amines) is 1. The number of methoxy groups -OCH3 is 1. The van der Waals surface area contributed by atoms with E-state index >= 15 is 0 Å². The van der Waals surface area contributed by atoms with Crippen molar-refractivity contribution in [2.45, 2.75) is 18.9 Å². The van der Waals surface area contributed by atoms with Crippen molar-refractivity contribution >= 4 is 5.91 Å². The lowest BCUT2D eigenvalue weighted by molar-refractivity contribution is -0.129. The Balaban J connectivity index is 1.58. The lowest BCUT2D eigenvalue weighted by Crippen LogP contribution is -2.32. The van der Waals surface area contributed by atoms with Crippen LogP contribution in [0.2, 0.25) is 0 Å². The number of ether oxygens (including phenoxy) is 2. The van der Waals surface area contributed by atoms with Crippen molar-refractivity contribution < 1.29 is 14.3 Å². The molecule has 1 amide bonds.